The smallest absolute Gasteiger partial charge is 0.223 e. The predicted octanol–water partition coefficient (Wildman–Crippen LogP) is 4.14. The summed E-state index contributed by atoms with van der Waals surface area (Å²) in [6, 6.07) is 15.4. The number of piperidine rings is 1. The summed E-state index contributed by atoms with van der Waals surface area (Å²) in [5, 5.41) is 3.85. The van der Waals surface area contributed by atoms with Crippen LogP contribution in [0.5, 0.6) is 11.5 Å². The molecule has 0 radical (unpaired) electrons. The van der Waals surface area contributed by atoms with Crippen molar-refractivity contribution in [1.82, 2.24) is 10.2 Å². The topological polar surface area (TPSA) is 50.8 Å². The minimum atomic E-state index is -0.0447. The lowest BCUT2D eigenvalue weighted by Gasteiger charge is -2.31. The highest BCUT2D eigenvalue weighted by Gasteiger charge is 2.25. The molecule has 1 atom stereocenters. The Morgan fingerprint density at radius 1 is 1.10 bits per heavy atom. The Labute approximate surface area is 177 Å². The lowest BCUT2D eigenvalue weighted by atomic mass is 9.95. The Morgan fingerprint density at radius 2 is 1.72 bits per heavy atom. The van der Waals surface area contributed by atoms with E-state index < -0.39 is 0 Å². The van der Waals surface area contributed by atoms with Gasteiger partial charge in [0.1, 0.15) is 18.1 Å². The van der Waals surface area contributed by atoms with E-state index in [9.17, 15) is 4.79 Å². The fraction of sp³-hybridized carbons (Fsp3) is 0.435. The standard InChI is InChI=1S/C23H29ClN2O3/c1-17(16-29-22-9-7-21(28-2)8-10-22)25-23(27)19-11-13-26(14-12-19)15-18-3-5-20(24)6-4-18/h3-10,17,19H,11-16H2,1-2H3,(H,25,27)/t17-/m0/s1. The molecule has 0 aliphatic carbocycles. The number of nitrogens with one attached hydrogen (secondary N) is 1. The number of methoxy groups -OCH3 is 1. The van der Waals surface area contributed by atoms with E-state index in [-0.39, 0.29) is 17.9 Å². The summed E-state index contributed by atoms with van der Waals surface area (Å²) in [4.78, 5) is 15.0. The summed E-state index contributed by atoms with van der Waals surface area (Å²) in [5.41, 5.74) is 1.25. The maximum atomic E-state index is 12.6. The minimum Gasteiger partial charge on any atom is -0.497 e. The van der Waals surface area contributed by atoms with Crippen molar-refractivity contribution in [2.45, 2.75) is 32.4 Å². The van der Waals surface area contributed by atoms with Gasteiger partial charge >= 0.3 is 0 Å². The van der Waals surface area contributed by atoms with Crippen LogP contribution in [-0.4, -0.2) is 43.7 Å². The van der Waals surface area contributed by atoms with E-state index in [0.29, 0.717) is 6.61 Å². The maximum absolute atomic E-state index is 12.6. The van der Waals surface area contributed by atoms with Crippen LogP contribution in [0, 0.1) is 5.92 Å². The summed E-state index contributed by atoms with van der Waals surface area (Å²) in [6.07, 6.45) is 1.76. The molecular formula is C23H29ClN2O3. The molecular weight excluding hydrogens is 388 g/mol. The third-order valence-electron chi connectivity index (χ3n) is 5.23. The first-order valence-electron chi connectivity index (χ1n) is 10.1. The van der Waals surface area contributed by atoms with Gasteiger partial charge in [0.2, 0.25) is 5.91 Å². The highest BCUT2D eigenvalue weighted by Crippen LogP contribution is 2.21. The molecule has 156 valence electrons. The van der Waals surface area contributed by atoms with Gasteiger partial charge in [-0.3, -0.25) is 9.69 Å². The lowest BCUT2D eigenvalue weighted by Crippen LogP contribution is -2.44. The number of ether oxygens (including phenoxy) is 2. The molecule has 5 nitrogen and oxygen atoms in total. The van der Waals surface area contributed by atoms with Crippen LogP contribution in [0.4, 0.5) is 0 Å². The average molecular weight is 417 g/mol. The van der Waals surface area contributed by atoms with E-state index in [4.69, 9.17) is 21.1 Å². The first-order chi connectivity index (χ1) is 14.0. The zero-order valence-corrected chi connectivity index (χ0v) is 17.8. The Balaban J connectivity index is 1.37. The second-order valence-electron chi connectivity index (χ2n) is 7.57. The molecule has 1 N–H and O–H groups in total. The Bertz CT molecular complexity index is 772. The summed E-state index contributed by atoms with van der Waals surface area (Å²) in [5.74, 6) is 1.75. The van der Waals surface area contributed by atoms with Gasteiger partial charge in [0.15, 0.2) is 0 Å². The van der Waals surface area contributed by atoms with Crippen molar-refractivity contribution in [2.75, 3.05) is 26.8 Å². The summed E-state index contributed by atoms with van der Waals surface area (Å²) < 4.78 is 10.9. The molecule has 2 aromatic rings. The van der Waals surface area contributed by atoms with Gasteiger partial charge in [-0.15, -0.1) is 0 Å². The van der Waals surface area contributed by atoms with E-state index in [1.165, 1.54) is 5.56 Å². The Hall–Kier alpha value is -2.24. The molecule has 6 heteroatoms. The average Bonchev–Trinajstić information content (AvgIpc) is 2.75. The number of rotatable bonds is 8. The molecule has 29 heavy (non-hydrogen) atoms. The predicted molar refractivity (Wildman–Crippen MR) is 116 cm³/mol. The number of hydrogen-bond acceptors (Lipinski definition) is 4. The third kappa shape index (κ3) is 6.65. The minimum absolute atomic E-state index is 0.0447. The molecule has 1 aliphatic heterocycles. The molecule has 0 unspecified atom stereocenters. The van der Waals surface area contributed by atoms with Gasteiger partial charge < -0.3 is 14.8 Å². The summed E-state index contributed by atoms with van der Waals surface area (Å²) >= 11 is 5.95. The zero-order chi connectivity index (χ0) is 20.6. The lowest BCUT2D eigenvalue weighted by molar-refractivity contribution is -0.127. The van der Waals surface area contributed by atoms with Gasteiger partial charge in [-0.1, -0.05) is 23.7 Å². The van der Waals surface area contributed by atoms with Gasteiger partial charge in [0.05, 0.1) is 13.2 Å². The van der Waals surface area contributed by atoms with E-state index in [2.05, 4.69) is 22.3 Å². The second kappa shape index (κ2) is 10.5. The largest absolute Gasteiger partial charge is 0.497 e. The fourth-order valence-electron chi connectivity index (χ4n) is 3.50. The monoisotopic (exact) mass is 416 g/mol. The Kier molecular flexibility index (Phi) is 7.78. The van der Waals surface area contributed by atoms with Crippen molar-refractivity contribution in [3.05, 3.63) is 59.1 Å². The van der Waals surface area contributed by atoms with Gasteiger partial charge in [0.25, 0.3) is 0 Å². The number of likely N-dealkylation sites (tertiary alicyclic amines) is 1. The van der Waals surface area contributed by atoms with E-state index in [1.807, 2.05) is 43.3 Å². The van der Waals surface area contributed by atoms with Gasteiger partial charge in [-0.25, -0.2) is 0 Å². The highest BCUT2D eigenvalue weighted by atomic mass is 35.5. The van der Waals surface area contributed by atoms with E-state index >= 15 is 0 Å². The van der Waals surface area contributed by atoms with E-state index in [0.717, 1.165) is 49.0 Å². The van der Waals surface area contributed by atoms with Crippen LogP contribution in [-0.2, 0) is 11.3 Å². The molecule has 1 amide bonds. The second-order valence-corrected chi connectivity index (χ2v) is 8.01. The van der Waals surface area contributed by atoms with Crippen LogP contribution in [0.25, 0.3) is 0 Å². The van der Waals surface area contributed by atoms with Crippen LogP contribution in [0.15, 0.2) is 48.5 Å². The normalized spacial score (nSPS) is 16.2. The number of carbonyl (C=O) groups is 1. The number of hydrogen-bond donors (Lipinski definition) is 1. The van der Waals surface area contributed by atoms with Crippen molar-refractivity contribution in [3.63, 3.8) is 0 Å². The molecule has 1 fully saturated rings. The van der Waals surface area contributed by atoms with Crippen molar-refractivity contribution in [1.29, 1.82) is 0 Å². The third-order valence-corrected chi connectivity index (χ3v) is 5.48. The van der Waals surface area contributed by atoms with Gasteiger partial charge in [-0.05, 0) is 74.8 Å². The maximum Gasteiger partial charge on any atom is 0.223 e. The first-order valence-corrected chi connectivity index (χ1v) is 10.5. The SMILES string of the molecule is COc1ccc(OC[C@H](C)NC(=O)C2CCN(Cc3ccc(Cl)cc3)CC2)cc1. The van der Waals surface area contributed by atoms with Crippen LogP contribution >= 0.6 is 11.6 Å². The van der Waals surface area contributed by atoms with E-state index in [1.54, 1.807) is 7.11 Å². The zero-order valence-electron chi connectivity index (χ0n) is 17.1. The van der Waals surface area contributed by atoms with Gasteiger partial charge in [0, 0.05) is 17.5 Å². The molecule has 0 saturated carbocycles. The van der Waals surface area contributed by atoms with Crippen LogP contribution < -0.4 is 14.8 Å². The fourth-order valence-corrected chi connectivity index (χ4v) is 3.62. The van der Waals surface area contributed by atoms with Crippen molar-refractivity contribution >= 4 is 17.5 Å². The molecule has 1 saturated heterocycles. The van der Waals surface area contributed by atoms with Crippen molar-refractivity contribution in [2.24, 2.45) is 5.92 Å². The first kappa shape index (κ1) is 21.5. The quantitative estimate of drug-likeness (QED) is 0.702. The highest BCUT2D eigenvalue weighted by molar-refractivity contribution is 6.30. The molecule has 0 bridgehead atoms. The number of nitrogens with zero attached hydrogens (tertiary/aromatic N) is 1. The summed E-state index contributed by atoms with van der Waals surface area (Å²) in [6.45, 7) is 5.16. The van der Waals surface area contributed by atoms with Crippen molar-refractivity contribution in [3.8, 4) is 11.5 Å². The number of carbonyl (C=O) groups excluding carboxylic acids is 1. The van der Waals surface area contributed by atoms with Gasteiger partial charge in [-0.2, -0.15) is 0 Å². The number of amides is 1. The number of halogens is 1. The molecule has 0 spiro atoms. The van der Waals surface area contributed by atoms with Crippen molar-refractivity contribution < 1.29 is 14.3 Å². The summed E-state index contributed by atoms with van der Waals surface area (Å²) in [7, 11) is 1.63. The van der Waals surface area contributed by atoms with Crippen LogP contribution in [0.3, 0.4) is 0 Å². The van der Waals surface area contributed by atoms with Crippen LogP contribution in [0.2, 0.25) is 5.02 Å². The molecule has 1 aliphatic rings. The molecule has 1 heterocycles. The molecule has 2 aromatic carbocycles. The van der Waals surface area contributed by atoms with Crippen LogP contribution in [0.1, 0.15) is 25.3 Å². The Morgan fingerprint density at radius 3 is 2.34 bits per heavy atom. The number of benzene rings is 2. The molecule has 0 aromatic heterocycles. The molecule has 3 rings (SSSR count).